The minimum atomic E-state index is -2.81. The van der Waals surface area contributed by atoms with Crippen LogP contribution in [0.3, 0.4) is 0 Å². The Kier molecular flexibility index (Phi) is 45.5. The van der Waals surface area contributed by atoms with Crippen LogP contribution in [0.2, 0.25) is 12.1 Å². The van der Waals surface area contributed by atoms with Gasteiger partial charge in [-0.2, -0.15) is 4.66 Å². The number of nitrogens with one attached hydrogen (secondary N) is 2. The second kappa shape index (κ2) is 40.3. The van der Waals surface area contributed by atoms with E-state index in [0.717, 1.165) is 57.4 Å². The van der Waals surface area contributed by atoms with Crippen molar-refractivity contribution in [1.82, 2.24) is 10.6 Å². The SMILES string of the molecule is CC.CCO[Si](CCCNC(=S)NCCCCCCN)(OCC)OCC.CO[Si](CCCN=C=S)(OC)OC.CO[Si](N=C=S)(OC)OC. The van der Waals surface area contributed by atoms with Crippen LogP contribution in [0.4, 0.5) is 0 Å². The number of nitrogens with zero attached hydrogens (tertiary/aromatic N) is 2. The Morgan fingerprint density at radius 2 is 1.08 bits per heavy atom. The number of nitrogens with two attached hydrogens (primary N) is 1. The Morgan fingerprint density at radius 3 is 1.45 bits per heavy atom. The van der Waals surface area contributed by atoms with Crippen LogP contribution in [0.5, 0.6) is 0 Å². The van der Waals surface area contributed by atoms with Gasteiger partial charge in [0.05, 0.1) is 10.3 Å². The van der Waals surface area contributed by atoms with E-state index in [0.29, 0.717) is 31.5 Å². The highest BCUT2D eigenvalue weighted by atomic mass is 32.1. The lowest BCUT2D eigenvalue weighted by Crippen LogP contribution is -2.46. The monoisotopic (exact) mass is 809 g/mol. The predicted molar refractivity (Wildman–Crippen MR) is 215 cm³/mol. The average molecular weight is 810 g/mol. The molecule has 4 N–H and O–H groups in total. The van der Waals surface area contributed by atoms with E-state index in [4.69, 9.17) is 57.8 Å². The third kappa shape index (κ3) is 30.8. The number of isothiocyanates is 2. The van der Waals surface area contributed by atoms with E-state index in [1.807, 2.05) is 34.6 Å². The van der Waals surface area contributed by atoms with Gasteiger partial charge < -0.3 is 56.2 Å². The molecule has 0 amide bonds. The fraction of sp³-hybridized carbons (Fsp3) is 0.897. The quantitative estimate of drug-likeness (QED) is 0.0427. The summed E-state index contributed by atoms with van der Waals surface area (Å²) >= 11 is 14.1. The first-order valence-electron chi connectivity index (χ1n) is 16.7. The summed E-state index contributed by atoms with van der Waals surface area (Å²) in [5.74, 6) is 0. The minimum absolute atomic E-state index is 0.615. The number of hydrogen-bond donors (Lipinski definition) is 3. The summed E-state index contributed by atoms with van der Waals surface area (Å²) in [6.45, 7) is 14.9. The highest BCUT2D eigenvalue weighted by Gasteiger charge is 2.40. The van der Waals surface area contributed by atoms with Crippen LogP contribution in [-0.4, -0.2) is 131 Å². The maximum atomic E-state index is 5.84. The van der Waals surface area contributed by atoms with E-state index < -0.39 is 26.6 Å². The Balaban J connectivity index is -0.000000339. The lowest BCUT2D eigenvalue weighted by Gasteiger charge is -2.28. The third-order valence-corrected chi connectivity index (χ3v) is 14.7. The zero-order chi connectivity index (χ0) is 38.3. The Labute approximate surface area is 317 Å². The van der Waals surface area contributed by atoms with Crippen LogP contribution in [0, 0.1) is 0 Å². The number of hydrogen-bond acceptors (Lipinski definition) is 15. The topological polar surface area (TPSA) is 158 Å². The van der Waals surface area contributed by atoms with Crippen molar-refractivity contribution in [3.8, 4) is 0 Å². The summed E-state index contributed by atoms with van der Waals surface area (Å²) in [6.07, 6.45) is 6.36. The molecule has 0 unspecified atom stereocenters. The van der Waals surface area contributed by atoms with Crippen molar-refractivity contribution < 1.29 is 39.8 Å². The second-order valence-corrected chi connectivity index (χ2v) is 18.3. The van der Waals surface area contributed by atoms with Crippen molar-refractivity contribution in [2.45, 2.75) is 85.2 Å². The van der Waals surface area contributed by atoms with Crippen molar-refractivity contribution in [3.63, 3.8) is 0 Å². The predicted octanol–water partition coefficient (Wildman–Crippen LogP) is 5.26. The van der Waals surface area contributed by atoms with Gasteiger partial charge in [-0.15, -0.1) is 0 Å². The summed E-state index contributed by atoms with van der Waals surface area (Å²) in [6, 6.07) is 1.55. The smallest absolute Gasteiger partial charge is 0.377 e. The zero-order valence-electron chi connectivity index (χ0n) is 32.0. The molecule has 0 radical (unpaired) electrons. The summed E-state index contributed by atoms with van der Waals surface area (Å²) in [5.41, 5.74) is 5.48. The summed E-state index contributed by atoms with van der Waals surface area (Å²) in [5, 5.41) is 11.7. The first-order chi connectivity index (χ1) is 23.6. The molecule has 0 aliphatic heterocycles. The van der Waals surface area contributed by atoms with E-state index in [2.05, 4.69) is 55.0 Å². The van der Waals surface area contributed by atoms with Gasteiger partial charge in [0.25, 0.3) is 0 Å². The van der Waals surface area contributed by atoms with E-state index in [9.17, 15) is 0 Å². The molecule has 0 atom stereocenters. The largest absolute Gasteiger partial charge is 0.660 e. The van der Waals surface area contributed by atoms with Crippen LogP contribution in [0.15, 0.2) is 9.65 Å². The summed E-state index contributed by atoms with van der Waals surface area (Å²) in [4.78, 5) is 3.80. The molecule has 0 spiro atoms. The van der Waals surface area contributed by atoms with Gasteiger partial charge in [0.2, 0.25) is 0 Å². The molecule has 0 fully saturated rings. The van der Waals surface area contributed by atoms with Gasteiger partial charge in [-0.25, -0.2) is 4.99 Å². The molecule has 20 heteroatoms. The van der Waals surface area contributed by atoms with Crippen molar-refractivity contribution in [2.75, 3.05) is 88.7 Å². The standard InChI is InChI=1S/C16H37N3O3SSi.C7H15NO3SSi.C4H9NO3SSi.C2H6/c1-4-20-24(21-5-2,22-6-3)15-11-14-19-16(23)18-13-10-8-7-9-12-17;1-9-13(10-2,11-3)6-4-5-8-7-12;1-6-10(7-2,8-3)5-4-9;1-2/h4-15,17H2,1-3H3,(H2,18,19,23);4-6H2,1-3H3;1-3H3;1-2H3. The molecule has 0 aliphatic rings. The Hall–Kier alpha value is -0.459. The first kappa shape index (κ1) is 55.3. The molecular weight excluding hydrogens is 743 g/mol. The molecular formula is C29H67N5O9S3Si3. The number of aliphatic imine (C=N–C) groups is 1. The summed E-state index contributed by atoms with van der Waals surface area (Å²) in [7, 11) is 1.44. The van der Waals surface area contributed by atoms with Gasteiger partial charge in [0, 0.05) is 94.2 Å². The molecule has 0 saturated carbocycles. The Bertz CT molecular complexity index is 811. The third-order valence-electron chi connectivity index (χ3n) is 6.16. The van der Waals surface area contributed by atoms with Gasteiger partial charge in [-0.1, -0.05) is 26.7 Å². The van der Waals surface area contributed by atoms with Crippen molar-refractivity contribution >= 4 is 78.7 Å². The van der Waals surface area contributed by atoms with E-state index in [1.54, 1.807) is 21.3 Å². The molecule has 14 nitrogen and oxygen atoms in total. The number of unbranched alkanes of at least 4 members (excludes halogenated alkanes) is 3. The minimum Gasteiger partial charge on any atom is -0.377 e. The zero-order valence-corrected chi connectivity index (χ0v) is 37.4. The molecule has 0 bridgehead atoms. The highest BCUT2D eigenvalue weighted by Crippen LogP contribution is 2.18. The maximum absolute atomic E-state index is 5.84. The van der Waals surface area contributed by atoms with Gasteiger partial charge in [-0.05, 0) is 89.7 Å². The molecule has 0 saturated heterocycles. The van der Waals surface area contributed by atoms with E-state index >= 15 is 0 Å². The average Bonchev–Trinajstić information content (AvgIpc) is 3.13. The molecule has 49 heavy (non-hydrogen) atoms. The fourth-order valence-corrected chi connectivity index (χ4v) is 9.65. The number of rotatable bonds is 27. The summed E-state index contributed by atoms with van der Waals surface area (Å²) < 4.78 is 51.5. The lowest BCUT2D eigenvalue weighted by atomic mass is 10.2. The highest BCUT2D eigenvalue weighted by molar-refractivity contribution is 7.80. The van der Waals surface area contributed by atoms with Gasteiger partial charge in [0.1, 0.15) is 0 Å². The second-order valence-electron chi connectivity index (χ2n) is 9.18. The van der Waals surface area contributed by atoms with Crippen molar-refractivity contribution in [2.24, 2.45) is 15.4 Å². The van der Waals surface area contributed by atoms with Crippen molar-refractivity contribution in [3.05, 3.63) is 0 Å². The van der Waals surface area contributed by atoms with Crippen LogP contribution in [0.25, 0.3) is 0 Å². The van der Waals surface area contributed by atoms with E-state index in [-0.39, 0.29) is 0 Å². The fourth-order valence-electron chi connectivity index (χ4n) is 3.81. The maximum Gasteiger partial charge on any atom is 0.660 e. The molecule has 292 valence electrons. The Morgan fingerprint density at radius 1 is 0.633 bits per heavy atom. The van der Waals surface area contributed by atoms with E-state index in [1.165, 1.54) is 34.2 Å². The molecule has 0 aliphatic carbocycles. The normalized spacial score (nSPS) is 10.9. The lowest BCUT2D eigenvalue weighted by molar-refractivity contribution is 0.0709. The molecule has 0 heterocycles. The van der Waals surface area contributed by atoms with Crippen molar-refractivity contribution in [1.29, 1.82) is 0 Å². The van der Waals surface area contributed by atoms with Crippen LogP contribution in [0.1, 0.15) is 73.1 Å². The molecule has 0 rings (SSSR count). The van der Waals surface area contributed by atoms with Gasteiger partial charge in [0.15, 0.2) is 5.11 Å². The van der Waals surface area contributed by atoms with Crippen LogP contribution in [-0.2, 0) is 39.8 Å². The van der Waals surface area contributed by atoms with Crippen LogP contribution >= 0.6 is 36.7 Å². The van der Waals surface area contributed by atoms with Gasteiger partial charge >= 0.3 is 26.6 Å². The van der Waals surface area contributed by atoms with Crippen LogP contribution < -0.4 is 16.4 Å². The number of thiocarbonyl (C=S) groups is 3. The molecule has 0 aromatic heterocycles. The first-order valence-corrected chi connectivity index (χ1v) is 23.5. The molecule has 0 aromatic carbocycles. The van der Waals surface area contributed by atoms with Gasteiger partial charge in [-0.3, -0.25) is 0 Å². The molecule has 0 aromatic rings.